The highest BCUT2D eigenvalue weighted by Crippen LogP contribution is 2.34. The minimum Gasteiger partial charge on any atom is -0.294 e. The lowest BCUT2D eigenvalue weighted by Crippen LogP contribution is -1.95. The third-order valence-electron chi connectivity index (χ3n) is 3.49. The van der Waals surface area contributed by atoms with Gasteiger partial charge in [0.05, 0.1) is 0 Å². The van der Waals surface area contributed by atoms with Crippen LogP contribution in [0.15, 0.2) is 42.5 Å². The molecule has 0 unspecified atom stereocenters. The average molecular weight is 252 g/mol. The fourth-order valence-electron chi connectivity index (χ4n) is 2.67. The zero-order chi connectivity index (χ0) is 13.8. The highest BCUT2D eigenvalue weighted by Gasteiger charge is 2.23. The first kappa shape index (κ1) is 13.5. The van der Waals surface area contributed by atoms with E-state index in [9.17, 15) is 4.79 Å². The van der Waals surface area contributed by atoms with Gasteiger partial charge in [-0.15, -0.1) is 0 Å². The summed E-state index contributed by atoms with van der Waals surface area (Å²) in [6, 6.07) is 14.4. The molecular weight excluding hydrogens is 232 g/mol. The first-order valence-electron chi connectivity index (χ1n) is 6.98. The second kappa shape index (κ2) is 5.83. The monoisotopic (exact) mass is 252 g/mol. The van der Waals surface area contributed by atoms with Crippen molar-refractivity contribution in [2.24, 2.45) is 0 Å². The molecule has 0 fully saturated rings. The Labute approximate surface area is 115 Å². The Morgan fingerprint density at radius 3 is 2.26 bits per heavy atom. The van der Waals surface area contributed by atoms with Crippen molar-refractivity contribution in [2.45, 2.75) is 33.6 Å². The molecule has 0 heterocycles. The van der Waals surface area contributed by atoms with Crippen molar-refractivity contribution in [3.8, 4) is 11.1 Å². The molecule has 98 valence electrons. The molecule has 0 spiro atoms. The van der Waals surface area contributed by atoms with Crippen molar-refractivity contribution < 1.29 is 4.79 Å². The Kier molecular flexibility index (Phi) is 4.16. The predicted molar refractivity (Wildman–Crippen MR) is 80.6 cm³/mol. The van der Waals surface area contributed by atoms with Crippen LogP contribution in [0.1, 0.15) is 41.8 Å². The maximum Gasteiger partial charge on any atom is 0.163 e. The molecule has 1 aliphatic rings. The number of carbonyl (C=O) groups excluding carboxylic acids is 1. The Morgan fingerprint density at radius 1 is 0.895 bits per heavy atom. The van der Waals surface area contributed by atoms with Crippen molar-refractivity contribution in [3.63, 3.8) is 0 Å². The van der Waals surface area contributed by atoms with E-state index >= 15 is 0 Å². The molecule has 0 radical (unpaired) electrons. The van der Waals surface area contributed by atoms with Crippen LogP contribution in [0.3, 0.4) is 0 Å². The van der Waals surface area contributed by atoms with Crippen molar-refractivity contribution in [1.29, 1.82) is 0 Å². The van der Waals surface area contributed by atoms with E-state index in [1.54, 1.807) is 0 Å². The first-order valence-corrected chi connectivity index (χ1v) is 6.98. The van der Waals surface area contributed by atoms with Crippen molar-refractivity contribution in [2.75, 3.05) is 0 Å². The lowest BCUT2D eigenvalue weighted by molar-refractivity contribution is 0.0994. The number of benzene rings is 2. The van der Waals surface area contributed by atoms with Gasteiger partial charge in [0.1, 0.15) is 0 Å². The number of hydrogen-bond donors (Lipinski definition) is 0. The van der Waals surface area contributed by atoms with Crippen LogP contribution in [0.25, 0.3) is 11.1 Å². The van der Waals surface area contributed by atoms with E-state index in [-0.39, 0.29) is 5.78 Å². The summed E-state index contributed by atoms with van der Waals surface area (Å²) in [4.78, 5) is 11.8. The zero-order valence-electron chi connectivity index (χ0n) is 11.9. The molecule has 3 rings (SSSR count). The number of hydrogen-bond acceptors (Lipinski definition) is 1. The van der Waals surface area contributed by atoms with Gasteiger partial charge in [-0.25, -0.2) is 0 Å². The van der Waals surface area contributed by atoms with Crippen LogP contribution in [0.5, 0.6) is 0 Å². The van der Waals surface area contributed by atoms with E-state index < -0.39 is 0 Å². The minimum atomic E-state index is 0.289. The lowest BCUT2D eigenvalue weighted by atomic mass is 9.92. The van der Waals surface area contributed by atoms with E-state index in [2.05, 4.69) is 25.1 Å². The van der Waals surface area contributed by atoms with Gasteiger partial charge in [0.25, 0.3) is 0 Å². The van der Waals surface area contributed by atoms with Crippen LogP contribution in [0, 0.1) is 6.92 Å². The number of fused-ring (bicyclic) bond motifs is 1. The van der Waals surface area contributed by atoms with E-state index in [0.717, 1.165) is 12.0 Å². The first-order chi connectivity index (χ1) is 9.27. The molecule has 0 atom stereocenters. The summed E-state index contributed by atoms with van der Waals surface area (Å²) in [7, 11) is 0. The van der Waals surface area contributed by atoms with E-state index in [4.69, 9.17) is 0 Å². The number of carbonyl (C=O) groups is 1. The van der Waals surface area contributed by atoms with Crippen LogP contribution in [-0.2, 0) is 6.42 Å². The Hall–Kier alpha value is -1.89. The van der Waals surface area contributed by atoms with Gasteiger partial charge in [-0.2, -0.15) is 0 Å². The maximum atomic E-state index is 11.8. The summed E-state index contributed by atoms with van der Waals surface area (Å²) in [5.74, 6) is 0.289. The molecule has 1 heteroatoms. The smallest absolute Gasteiger partial charge is 0.163 e. The van der Waals surface area contributed by atoms with Gasteiger partial charge < -0.3 is 0 Å². The summed E-state index contributed by atoms with van der Waals surface area (Å²) in [5, 5.41) is 0. The van der Waals surface area contributed by atoms with Crippen LogP contribution in [0.4, 0.5) is 0 Å². The summed E-state index contributed by atoms with van der Waals surface area (Å²) in [5.41, 5.74) is 5.89. The molecule has 19 heavy (non-hydrogen) atoms. The van der Waals surface area contributed by atoms with Gasteiger partial charge in [0.15, 0.2) is 5.78 Å². The van der Waals surface area contributed by atoms with Gasteiger partial charge >= 0.3 is 0 Å². The van der Waals surface area contributed by atoms with Crippen LogP contribution in [0.2, 0.25) is 0 Å². The van der Waals surface area contributed by atoms with Crippen LogP contribution in [-0.4, -0.2) is 5.78 Å². The number of rotatable bonds is 1. The summed E-state index contributed by atoms with van der Waals surface area (Å²) >= 11 is 0. The zero-order valence-corrected chi connectivity index (χ0v) is 11.9. The van der Waals surface area contributed by atoms with Crippen LogP contribution >= 0.6 is 0 Å². The lowest BCUT2D eigenvalue weighted by Gasteiger charge is -2.11. The Bertz CT molecular complexity index is 582. The SMILES string of the molecule is CC.Cc1ccc2c(c1-c1ccccc1)CCC2=O. The van der Waals surface area contributed by atoms with Gasteiger partial charge in [0.2, 0.25) is 0 Å². The fraction of sp³-hybridized carbons (Fsp3) is 0.278. The van der Waals surface area contributed by atoms with Gasteiger partial charge in [0, 0.05) is 12.0 Å². The molecule has 0 saturated heterocycles. The Balaban J connectivity index is 0.000000637. The van der Waals surface area contributed by atoms with Gasteiger partial charge in [-0.3, -0.25) is 4.79 Å². The maximum absolute atomic E-state index is 11.8. The Morgan fingerprint density at radius 2 is 1.58 bits per heavy atom. The second-order valence-electron chi connectivity index (χ2n) is 4.57. The summed E-state index contributed by atoms with van der Waals surface area (Å²) in [6.07, 6.45) is 1.55. The average Bonchev–Trinajstić information content (AvgIpc) is 2.83. The highest BCUT2D eigenvalue weighted by molar-refractivity contribution is 6.02. The molecule has 0 bridgehead atoms. The number of aryl methyl sites for hydroxylation is 1. The topological polar surface area (TPSA) is 17.1 Å². The molecule has 0 aliphatic heterocycles. The molecule has 2 aromatic carbocycles. The quantitative estimate of drug-likeness (QED) is 0.711. The second-order valence-corrected chi connectivity index (χ2v) is 4.57. The normalized spacial score (nSPS) is 12.7. The highest BCUT2D eigenvalue weighted by atomic mass is 16.1. The third kappa shape index (κ3) is 2.46. The van der Waals surface area contributed by atoms with Gasteiger partial charge in [-0.1, -0.05) is 56.3 Å². The summed E-state index contributed by atoms with van der Waals surface area (Å²) in [6.45, 7) is 6.12. The molecule has 0 saturated carbocycles. The third-order valence-corrected chi connectivity index (χ3v) is 3.49. The minimum absolute atomic E-state index is 0.289. The van der Waals surface area contributed by atoms with Crippen molar-refractivity contribution >= 4 is 5.78 Å². The largest absolute Gasteiger partial charge is 0.294 e. The molecule has 1 aliphatic carbocycles. The number of ketones is 1. The molecular formula is C18H20O. The molecule has 2 aromatic rings. The fourth-order valence-corrected chi connectivity index (χ4v) is 2.67. The van der Waals surface area contributed by atoms with E-state index in [1.807, 2.05) is 38.1 Å². The van der Waals surface area contributed by atoms with Gasteiger partial charge in [-0.05, 0) is 35.6 Å². The summed E-state index contributed by atoms with van der Waals surface area (Å²) < 4.78 is 0. The number of Topliss-reactive ketones (excluding diaryl/α,β-unsaturated/α-hetero) is 1. The molecule has 0 N–H and O–H groups in total. The van der Waals surface area contributed by atoms with Crippen molar-refractivity contribution in [1.82, 2.24) is 0 Å². The van der Waals surface area contributed by atoms with Crippen molar-refractivity contribution in [3.05, 3.63) is 59.2 Å². The van der Waals surface area contributed by atoms with E-state index in [1.165, 1.54) is 22.3 Å². The standard InChI is InChI=1S/C16H14O.C2H6/c1-11-7-8-13-14(9-10-15(13)17)16(11)12-5-3-2-4-6-12;1-2/h2-8H,9-10H2,1H3;1-2H3. The molecule has 0 amide bonds. The molecule has 1 nitrogen and oxygen atoms in total. The van der Waals surface area contributed by atoms with E-state index in [0.29, 0.717) is 6.42 Å². The van der Waals surface area contributed by atoms with Crippen LogP contribution < -0.4 is 0 Å². The predicted octanol–water partition coefficient (Wildman–Crippen LogP) is 4.82. The molecule has 0 aromatic heterocycles.